The van der Waals surface area contributed by atoms with Crippen LogP contribution >= 0.6 is 0 Å². The van der Waals surface area contributed by atoms with E-state index in [4.69, 9.17) is 4.74 Å². The highest BCUT2D eigenvalue weighted by molar-refractivity contribution is 5.48. The second-order valence-corrected chi connectivity index (χ2v) is 6.51. The first kappa shape index (κ1) is 16.6. The van der Waals surface area contributed by atoms with Gasteiger partial charge in [-0.15, -0.1) is 0 Å². The number of halogens is 1. The molecule has 2 aromatic carbocycles. The van der Waals surface area contributed by atoms with Gasteiger partial charge in [0.15, 0.2) is 0 Å². The van der Waals surface area contributed by atoms with Gasteiger partial charge in [0.1, 0.15) is 11.4 Å². The molecule has 0 aromatic heterocycles. The van der Waals surface area contributed by atoms with Crippen molar-refractivity contribution in [3.63, 3.8) is 0 Å². The van der Waals surface area contributed by atoms with Crippen molar-refractivity contribution in [1.82, 2.24) is 4.90 Å². The molecule has 0 aliphatic carbocycles. The van der Waals surface area contributed by atoms with E-state index < -0.39 is 5.60 Å². The van der Waals surface area contributed by atoms with Crippen molar-refractivity contribution >= 4 is 0 Å². The summed E-state index contributed by atoms with van der Waals surface area (Å²) in [4.78, 5) is 2.14. The molecule has 0 N–H and O–H groups in total. The predicted molar refractivity (Wildman–Crippen MR) is 90.9 cm³/mol. The zero-order chi connectivity index (χ0) is 17.2. The minimum atomic E-state index is -0.605. The van der Waals surface area contributed by atoms with Crippen LogP contribution in [-0.2, 0) is 16.9 Å². The summed E-state index contributed by atoms with van der Waals surface area (Å²) in [5.41, 5.74) is 3.09. The fourth-order valence-corrected chi connectivity index (χ4v) is 3.38. The van der Waals surface area contributed by atoms with E-state index in [0.717, 1.165) is 36.1 Å². The highest BCUT2D eigenvalue weighted by Gasteiger charge is 2.41. The maximum absolute atomic E-state index is 13.4. The molecule has 3 rings (SSSR count). The minimum absolute atomic E-state index is 0.258. The molecule has 1 unspecified atom stereocenters. The van der Waals surface area contributed by atoms with Crippen LogP contribution in [0.4, 0.5) is 4.39 Å². The molecule has 1 atom stereocenters. The second kappa shape index (κ2) is 6.72. The van der Waals surface area contributed by atoms with Gasteiger partial charge < -0.3 is 9.64 Å². The SMILES string of the molecule is CN(C)CCCC1(c2ccc(F)cc2)OCc2ccc(C#N)cc21. The molecule has 0 saturated carbocycles. The maximum atomic E-state index is 13.4. The molecule has 4 heteroatoms. The summed E-state index contributed by atoms with van der Waals surface area (Å²) >= 11 is 0. The lowest BCUT2D eigenvalue weighted by atomic mass is 9.81. The smallest absolute Gasteiger partial charge is 0.123 e. The normalized spacial score (nSPS) is 19.3. The second-order valence-electron chi connectivity index (χ2n) is 6.51. The van der Waals surface area contributed by atoms with Gasteiger partial charge in [0, 0.05) is 0 Å². The molecule has 24 heavy (non-hydrogen) atoms. The van der Waals surface area contributed by atoms with Crippen LogP contribution < -0.4 is 0 Å². The summed E-state index contributed by atoms with van der Waals surface area (Å²) in [6, 6.07) is 14.4. The van der Waals surface area contributed by atoms with E-state index in [1.807, 2.05) is 32.3 Å². The number of nitriles is 1. The molecular weight excluding hydrogens is 303 g/mol. The monoisotopic (exact) mass is 324 g/mol. The Balaban J connectivity index is 2.05. The van der Waals surface area contributed by atoms with E-state index in [1.165, 1.54) is 12.1 Å². The van der Waals surface area contributed by atoms with Gasteiger partial charge in [-0.25, -0.2) is 4.39 Å². The molecule has 1 aliphatic rings. The maximum Gasteiger partial charge on any atom is 0.123 e. The molecule has 0 amide bonds. The van der Waals surface area contributed by atoms with Crippen LogP contribution in [0.25, 0.3) is 0 Å². The average molecular weight is 324 g/mol. The van der Waals surface area contributed by atoms with Crippen molar-refractivity contribution in [3.8, 4) is 6.07 Å². The lowest BCUT2D eigenvalue weighted by Crippen LogP contribution is -2.28. The van der Waals surface area contributed by atoms with E-state index in [-0.39, 0.29) is 5.82 Å². The van der Waals surface area contributed by atoms with Gasteiger partial charge in [-0.3, -0.25) is 0 Å². The molecular formula is C20H21FN2O. The standard InChI is InChI=1S/C20H21FN2O/c1-23(2)11-3-10-20(17-6-8-18(21)9-7-17)19-12-15(13-22)4-5-16(19)14-24-20/h4-9,12H,3,10-11,14H2,1-2H3. The fraction of sp³-hybridized carbons (Fsp3) is 0.350. The van der Waals surface area contributed by atoms with Gasteiger partial charge in [0.05, 0.1) is 18.2 Å². The van der Waals surface area contributed by atoms with Gasteiger partial charge in [0.2, 0.25) is 0 Å². The van der Waals surface area contributed by atoms with Crippen molar-refractivity contribution in [2.45, 2.75) is 25.0 Å². The molecule has 3 nitrogen and oxygen atoms in total. The van der Waals surface area contributed by atoms with Crippen molar-refractivity contribution in [3.05, 3.63) is 70.5 Å². The van der Waals surface area contributed by atoms with Gasteiger partial charge in [-0.05, 0) is 74.4 Å². The fourth-order valence-electron chi connectivity index (χ4n) is 3.38. The highest BCUT2D eigenvalue weighted by Crippen LogP contribution is 2.45. The van der Waals surface area contributed by atoms with Crippen LogP contribution in [0.1, 0.15) is 35.1 Å². The third kappa shape index (κ3) is 3.06. The number of hydrogen-bond acceptors (Lipinski definition) is 3. The molecule has 1 aliphatic heterocycles. The van der Waals surface area contributed by atoms with Gasteiger partial charge in [-0.1, -0.05) is 18.2 Å². The Morgan fingerprint density at radius 2 is 1.96 bits per heavy atom. The van der Waals surface area contributed by atoms with E-state index in [9.17, 15) is 9.65 Å². The summed E-state index contributed by atoms with van der Waals surface area (Å²) < 4.78 is 19.6. The number of hydrogen-bond donors (Lipinski definition) is 0. The minimum Gasteiger partial charge on any atom is -0.361 e. The topological polar surface area (TPSA) is 36.3 Å². The number of benzene rings is 2. The zero-order valence-corrected chi connectivity index (χ0v) is 14.1. The largest absolute Gasteiger partial charge is 0.361 e. The van der Waals surface area contributed by atoms with Crippen LogP contribution in [0.3, 0.4) is 0 Å². The van der Waals surface area contributed by atoms with Crippen LogP contribution in [0.15, 0.2) is 42.5 Å². The third-order valence-corrected chi connectivity index (χ3v) is 4.59. The molecule has 0 bridgehead atoms. The van der Waals surface area contributed by atoms with E-state index >= 15 is 0 Å². The number of rotatable bonds is 5. The van der Waals surface area contributed by atoms with Crippen molar-refractivity contribution in [2.24, 2.45) is 0 Å². The Morgan fingerprint density at radius 1 is 1.21 bits per heavy atom. The van der Waals surface area contributed by atoms with E-state index in [1.54, 1.807) is 12.1 Å². The first-order valence-corrected chi connectivity index (χ1v) is 8.13. The Kier molecular flexibility index (Phi) is 4.66. The van der Waals surface area contributed by atoms with Crippen LogP contribution in [0, 0.1) is 17.1 Å². The van der Waals surface area contributed by atoms with Crippen LogP contribution in [0.2, 0.25) is 0 Å². The summed E-state index contributed by atoms with van der Waals surface area (Å²) in [6.45, 7) is 1.46. The molecule has 0 radical (unpaired) electrons. The van der Waals surface area contributed by atoms with Crippen LogP contribution in [-0.4, -0.2) is 25.5 Å². The Hall–Kier alpha value is -2.22. The molecule has 0 saturated heterocycles. The molecule has 124 valence electrons. The summed E-state index contributed by atoms with van der Waals surface area (Å²) in [5.74, 6) is -0.258. The van der Waals surface area contributed by atoms with Gasteiger partial charge in [-0.2, -0.15) is 5.26 Å². The van der Waals surface area contributed by atoms with Crippen molar-refractivity contribution in [1.29, 1.82) is 5.26 Å². The van der Waals surface area contributed by atoms with E-state index in [0.29, 0.717) is 12.2 Å². The molecule has 0 fully saturated rings. The van der Waals surface area contributed by atoms with Crippen LogP contribution in [0.5, 0.6) is 0 Å². The third-order valence-electron chi connectivity index (χ3n) is 4.59. The summed E-state index contributed by atoms with van der Waals surface area (Å²) in [6.07, 6.45) is 1.74. The zero-order valence-electron chi connectivity index (χ0n) is 14.1. The Morgan fingerprint density at radius 3 is 2.62 bits per heavy atom. The first-order chi connectivity index (χ1) is 11.5. The Labute approximate surface area is 142 Å². The summed E-state index contributed by atoms with van der Waals surface area (Å²) in [5, 5.41) is 9.25. The highest BCUT2D eigenvalue weighted by atomic mass is 19.1. The lowest BCUT2D eigenvalue weighted by Gasteiger charge is -2.31. The average Bonchev–Trinajstić information content (AvgIpc) is 2.94. The molecule has 2 aromatic rings. The summed E-state index contributed by atoms with van der Waals surface area (Å²) in [7, 11) is 4.09. The number of fused-ring (bicyclic) bond motifs is 1. The molecule has 1 heterocycles. The van der Waals surface area contributed by atoms with Gasteiger partial charge in [0.25, 0.3) is 0 Å². The number of nitrogens with zero attached hydrogens (tertiary/aromatic N) is 2. The Bertz CT molecular complexity index is 764. The van der Waals surface area contributed by atoms with Crippen molar-refractivity contribution < 1.29 is 9.13 Å². The molecule has 0 spiro atoms. The first-order valence-electron chi connectivity index (χ1n) is 8.13. The predicted octanol–water partition coefficient (Wildman–Crippen LogP) is 3.81. The number of ether oxygens (including phenoxy) is 1. The van der Waals surface area contributed by atoms with Crippen molar-refractivity contribution in [2.75, 3.05) is 20.6 Å². The van der Waals surface area contributed by atoms with Gasteiger partial charge >= 0.3 is 0 Å². The quantitative estimate of drug-likeness (QED) is 0.839. The van der Waals surface area contributed by atoms with E-state index in [2.05, 4.69) is 11.0 Å². The lowest BCUT2D eigenvalue weighted by molar-refractivity contribution is -0.0140.